The van der Waals surface area contributed by atoms with Crippen LogP contribution in [0.4, 0.5) is 0 Å². The van der Waals surface area contributed by atoms with Gasteiger partial charge in [0.25, 0.3) is 0 Å². The maximum absolute atomic E-state index is 12.4. The van der Waals surface area contributed by atoms with E-state index in [0.717, 1.165) is 18.4 Å². The van der Waals surface area contributed by atoms with Gasteiger partial charge in [0, 0.05) is 6.54 Å². The van der Waals surface area contributed by atoms with Gasteiger partial charge >= 0.3 is 0 Å². The van der Waals surface area contributed by atoms with Crippen LogP contribution < -0.4 is 0 Å². The van der Waals surface area contributed by atoms with Crippen molar-refractivity contribution < 1.29 is 8.42 Å². The molecule has 0 aromatic heterocycles. The predicted octanol–water partition coefficient (Wildman–Crippen LogP) is 2.87. The zero-order valence-electron chi connectivity index (χ0n) is 11.3. The van der Waals surface area contributed by atoms with E-state index in [2.05, 4.69) is 0 Å². The Hall–Kier alpha value is -0.870. The van der Waals surface area contributed by atoms with Gasteiger partial charge in [-0.25, -0.2) is 8.42 Å². The van der Waals surface area contributed by atoms with Crippen molar-refractivity contribution in [2.45, 2.75) is 44.9 Å². The molecule has 100 valence electrons. The van der Waals surface area contributed by atoms with E-state index in [9.17, 15) is 8.42 Å². The molecule has 1 saturated heterocycles. The molecule has 0 amide bonds. The molecule has 2 rings (SSSR count). The normalized spacial score (nSPS) is 21.7. The Bertz CT molecular complexity index is 522. The molecule has 0 bridgehead atoms. The highest BCUT2D eigenvalue weighted by Gasteiger charge is 2.37. The summed E-state index contributed by atoms with van der Waals surface area (Å²) in [6, 6.07) is 8.11. The predicted molar refractivity (Wildman–Crippen MR) is 73.9 cm³/mol. The first kappa shape index (κ1) is 13.6. The van der Waals surface area contributed by atoms with Gasteiger partial charge in [-0.1, -0.05) is 24.3 Å². The van der Waals surface area contributed by atoms with Gasteiger partial charge in [-0.05, 0) is 44.7 Å². The fourth-order valence-electron chi connectivity index (χ4n) is 2.59. The molecule has 1 atom stereocenters. The van der Waals surface area contributed by atoms with E-state index in [-0.39, 0.29) is 11.3 Å². The lowest BCUT2D eigenvalue weighted by Gasteiger charge is -2.27. The third kappa shape index (κ3) is 2.31. The zero-order chi connectivity index (χ0) is 13.3. The number of rotatable bonds is 3. The molecule has 0 saturated carbocycles. The molecule has 4 heteroatoms. The summed E-state index contributed by atoms with van der Waals surface area (Å²) >= 11 is 0. The molecular formula is C14H21NO2S. The molecule has 3 nitrogen and oxygen atoms in total. The van der Waals surface area contributed by atoms with Gasteiger partial charge in [0.15, 0.2) is 0 Å². The number of nitrogens with zero attached hydrogens (tertiary/aromatic N) is 1. The maximum atomic E-state index is 12.4. The van der Waals surface area contributed by atoms with Gasteiger partial charge in [-0.15, -0.1) is 0 Å². The first-order valence-electron chi connectivity index (χ1n) is 6.51. The van der Waals surface area contributed by atoms with Gasteiger partial charge in [0.2, 0.25) is 10.0 Å². The zero-order valence-corrected chi connectivity index (χ0v) is 12.1. The van der Waals surface area contributed by atoms with Crippen LogP contribution in [0.5, 0.6) is 0 Å². The van der Waals surface area contributed by atoms with Gasteiger partial charge in [0.1, 0.15) is 0 Å². The topological polar surface area (TPSA) is 37.4 Å². The minimum Gasteiger partial charge on any atom is -0.212 e. The highest BCUT2D eigenvalue weighted by Crippen LogP contribution is 2.36. The minimum atomic E-state index is -3.16. The first-order valence-corrected chi connectivity index (χ1v) is 8.01. The molecule has 1 fully saturated rings. The number of sulfonamides is 1. The molecular weight excluding hydrogens is 246 g/mol. The third-order valence-corrected chi connectivity index (χ3v) is 5.96. The summed E-state index contributed by atoms with van der Waals surface area (Å²) in [6.45, 7) is 6.21. The van der Waals surface area contributed by atoms with Crippen LogP contribution in [0.3, 0.4) is 0 Å². The van der Waals surface area contributed by atoms with Crippen LogP contribution in [-0.4, -0.2) is 24.5 Å². The number of benzene rings is 1. The number of hydrogen-bond acceptors (Lipinski definition) is 2. The summed E-state index contributed by atoms with van der Waals surface area (Å²) in [6.07, 6.45) is 1.88. The second-order valence-electron chi connectivity index (χ2n) is 5.22. The molecule has 0 radical (unpaired) electrons. The molecule has 0 N–H and O–H groups in total. The summed E-state index contributed by atoms with van der Waals surface area (Å²) in [5.41, 5.74) is 2.33. The van der Waals surface area contributed by atoms with Crippen molar-refractivity contribution in [1.82, 2.24) is 4.31 Å². The summed E-state index contributed by atoms with van der Waals surface area (Å²) in [5.74, 6) is 0. The van der Waals surface area contributed by atoms with Crippen molar-refractivity contribution >= 4 is 10.0 Å². The van der Waals surface area contributed by atoms with Crippen molar-refractivity contribution in [3.63, 3.8) is 0 Å². The molecule has 1 aliphatic rings. The highest BCUT2D eigenvalue weighted by atomic mass is 32.2. The largest absolute Gasteiger partial charge is 0.216 e. The van der Waals surface area contributed by atoms with E-state index < -0.39 is 10.0 Å². The maximum Gasteiger partial charge on any atom is 0.216 e. The van der Waals surface area contributed by atoms with E-state index >= 15 is 0 Å². The number of aryl methyl sites for hydroxylation is 1. The SMILES string of the molecule is Cc1ccccc1C1CCCN1S(=O)(=O)C(C)C. The fourth-order valence-corrected chi connectivity index (χ4v) is 4.09. The quantitative estimate of drug-likeness (QED) is 0.844. The van der Waals surface area contributed by atoms with Gasteiger partial charge < -0.3 is 0 Å². The molecule has 0 spiro atoms. The van der Waals surface area contributed by atoms with Crippen LogP contribution in [0.2, 0.25) is 0 Å². The monoisotopic (exact) mass is 267 g/mol. The fraction of sp³-hybridized carbons (Fsp3) is 0.571. The molecule has 18 heavy (non-hydrogen) atoms. The Morgan fingerprint density at radius 2 is 1.94 bits per heavy atom. The highest BCUT2D eigenvalue weighted by molar-refractivity contribution is 7.89. The van der Waals surface area contributed by atoms with E-state index in [1.54, 1.807) is 18.2 Å². The molecule has 0 aliphatic carbocycles. The van der Waals surface area contributed by atoms with E-state index in [4.69, 9.17) is 0 Å². The smallest absolute Gasteiger partial charge is 0.212 e. The lowest BCUT2D eigenvalue weighted by molar-refractivity contribution is 0.391. The molecule has 1 aromatic rings. The second kappa shape index (κ2) is 5.02. The van der Waals surface area contributed by atoms with Crippen LogP contribution in [0.25, 0.3) is 0 Å². The number of hydrogen-bond donors (Lipinski definition) is 0. The average Bonchev–Trinajstić information content (AvgIpc) is 2.78. The van der Waals surface area contributed by atoms with Crippen LogP contribution in [0.15, 0.2) is 24.3 Å². The summed E-state index contributed by atoms with van der Waals surface area (Å²) < 4.78 is 26.4. The Balaban J connectivity index is 2.38. The Kier molecular flexibility index (Phi) is 3.78. The molecule has 1 aliphatic heterocycles. The van der Waals surface area contributed by atoms with Gasteiger partial charge in [0.05, 0.1) is 11.3 Å². The van der Waals surface area contributed by atoms with Crippen LogP contribution in [0.1, 0.15) is 43.9 Å². The average molecular weight is 267 g/mol. The molecule has 1 unspecified atom stereocenters. The molecule has 1 heterocycles. The van der Waals surface area contributed by atoms with E-state index in [0.29, 0.717) is 6.54 Å². The first-order chi connectivity index (χ1) is 8.44. The van der Waals surface area contributed by atoms with Crippen molar-refractivity contribution in [3.05, 3.63) is 35.4 Å². The van der Waals surface area contributed by atoms with Crippen molar-refractivity contribution in [3.8, 4) is 0 Å². The van der Waals surface area contributed by atoms with Crippen LogP contribution >= 0.6 is 0 Å². The van der Waals surface area contributed by atoms with Crippen molar-refractivity contribution in [1.29, 1.82) is 0 Å². The molecule has 1 aromatic carbocycles. The van der Waals surface area contributed by atoms with Gasteiger partial charge in [-0.2, -0.15) is 4.31 Å². The third-order valence-electron chi connectivity index (χ3n) is 3.67. The second-order valence-corrected chi connectivity index (χ2v) is 7.66. The lowest BCUT2D eigenvalue weighted by atomic mass is 10.0. The van der Waals surface area contributed by atoms with E-state index in [1.165, 1.54) is 5.56 Å². The van der Waals surface area contributed by atoms with Crippen molar-refractivity contribution in [2.75, 3.05) is 6.54 Å². The van der Waals surface area contributed by atoms with Crippen LogP contribution in [0, 0.1) is 6.92 Å². The summed E-state index contributed by atoms with van der Waals surface area (Å²) in [7, 11) is -3.16. The van der Waals surface area contributed by atoms with Crippen molar-refractivity contribution in [2.24, 2.45) is 0 Å². The Morgan fingerprint density at radius 1 is 1.28 bits per heavy atom. The Labute approximate surface area is 110 Å². The minimum absolute atomic E-state index is 0.0265. The van der Waals surface area contributed by atoms with Crippen LogP contribution in [-0.2, 0) is 10.0 Å². The van der Waals surface area contributed by atoms with E-state index in [1.807, 2.05) is 31.2 Å². The summed E-state index contributed by atoms with van der Waals surface area (Å²) in [5, 5.41) is -0.345. The van der Waals surface area contributed by atoms with Gasteiger partial charge in [-0.3, -0.25) is 0 Å². The standard InChI is InChI=1S/C14H21NO2S/c1-11(2)18(16,17)15-10-6-9-14(15)13-8-5-4-7-12(13)3/h4-5,7-8,11,14H,6,9-10H2,1-3H3. The lowest BCUT2D eigenvalue weighted by Crippen LogP contribution is -2.36. The summed E-state index contributed by atoms with van der Waals surface area (Å²) in [4.78, 5) is 0. The Morgan fingerprint density at radius 3 is 2.56 bits per heavy atom.